The largest absolute Gasteiger partial charge is 0.387 e. The van der Waals surface area contributed by atoms with Crippen LogP contribution in [0, 0.1) is 0 Å². The molecule has 84 valence electrons. The highest BCUT2D eigenvalue weighted by Gasteiger charge is 2.07. The summed E-state index contributed by atoms with van der Waals surface area (Å²) in [4.78, 5) is 5.44. The molecule has 0 fully saturated rings. The minimum atomic E-state index is -0.423. The second-order valence-corrected chi connectivity index (χ2v) is 5.19. The first-order chi connectivity index (χ1) is 7.17. The standard InChI is InChI=1S/C12H19NOS/c1-4-9(3)15-10-6-7-11(13-8-10)12(14)5-2/h6-9,12,14H,4-5H2,1-3H3/t9?,12-/m1/s1. The number of hydrogen-bond acceptors (Lipinski definition) is 3. The monoisotopic (exact) mass is 225 g/mol. The van der Waals surface area contributed by atoms with Gasteiger partial charge in [-0.25, -0.2) is 0 Å². The summed E-state index contributed by atoms with van der Waals surface area (Å²) in [6.45, 7) is 6.34. The lowest BCUT2D eigenvalue weighted by atomic mass is 10.2. The van der Waals surface area contributed by atoms with Crippen molar-refractivity contribution in [1.29, 1.82) is 0 Å². The third kappa shape index (κ3) is 3.84. The van der Waals surface area contributed by atoms with Crippen LogP contribution in [0.3, 0.4) is 0 Å². The Labute approximate surface area is 96.1 Å². The topological polar surface area (TPSA) is 33.1 Å². The highest BCUT2D eigenvalue weighted by molar-refractivity contribution is 7.99. The van der Waals surface area contributed by atoms with E-state index in [1.807, 2.05) is 37.0 Å². The Morgan fingerprint density at radius 1 is 1.33 bits per heavy atom. The summed E-state index contributed by atoms with van der Waals surface area (Å²) in [6.07, 6.45) is 3.30. The van der Waals surface area contributed by atoms with E-state index in [4.69, 9.17) is 0 Å². The molecule has 0 amide bonds. The van der Waals surface area contributed by atoms with Gasteiger partial charge in [0.1, 0.15) is 0 Å². The quantitative estimate of drug-likeness (QED) is 0.779. The lowest BCUT2D eigenvalue weighted by molar-refractivity contribution is 0.169. The van der Waals surface area contributed by atoms with Crippen molar-refractivity contribution in [2.75, 3.05) is 0 Å². The maximum atomic E-state index is 9.58. The van der Waals surface area contributed by atoms with Crippen LogP contribution < -0.4 is 0 Å². The summed E-state index contributed by atoms with van der Waals surface area (Å²) in [6, 6.07) is 3.96. The molecular weight excluding hydrogens is 206 g/mol. The van der Waals surface area contributed by atoms with Gasteiger partial charge in [-0.15, -0.1) is 11.8 Å². The second kappa shape index (κ2) is 6.13. The van der Waals surface area contributed by atoms with E-state index in [0.29, 0.717) is 11.7 Å². The van der Waals surface area contributed by atoms with Crippen molar-refractivity contribution >= 4 is 11.8 Å². The molecule has 1 heterocycles. The number of hydrogen-bond donors (Lipinski definition) is 1. The Balaban J connectivity index is 2.64. The molecule has 0 aromatic carbocycles. The number of nitrogens with zero attached hydrogens (tertiary/aromatic N) is 1. The van der Waals surface area contributed by atoms with Crippen molar-refractivity contribution in [2.45, 2.75) is 49.9 Å². The summed E-state index contributed by atoms with van der Waals surface area (Å²) < 4.78 is 0. The predicted octanol–water partition coefficient (Wildman–Crippen LogP) is 3.42. The number of rotatable bonds is 5. The third-order valence-corrected chi connectivity index (χ3v) is 3.65. The molecule has 2 nitrogen and oxygen atoms in total. The van der Waals surface area contributed by atoms with E-state index in [-0.39, 0.29) is 0 Å². The minimum Gasteiger partial charge on any atom is -0.387 e. The van der Waals surface area contributed by atoms with Crippen molar-refractivity contribution < 1.29 is 5.11 Å². The molecular formula is C12H19NOS. The van der Waals surface area contributed by atoms with Crippen LogP contribution in [0.25, 0.3) is 0 Å². The lowest BCUT2D eigenvalue weighted by Crippen LogP contribution is -1.99. The SMILES string of the molecule is CCC(C)Sc1ccc([C@H](O)CC)nc1. The van der Waals surface area contributed by atoms with E-state index in [9.17, 15) is 5.11 Å². The normalized spacial score (nSPS) is 14.9. The molecule has 0 aliphatic rings. The van der Waals surface area contributed by atoms with Gasteiger partial charge in [0.2, 0.25) is 0 Å². The number of aliphatic hydroxyl groups is 1. The summed E-state index contributed by atoms with van der Waals surface area (Å²) in [5, 5.41) is 10.2. The summed E-state index contributed by atoms with van der Waals surface area (Å²) in [5.41, 5.74) is 0.769. The van der Waals surface area contributed by atoms with Crippen LogP contribution in [0.15, 0.2) is 23.2 Å². The van der Waals surface area contributed by atoms with Crippen LogP contribution in [0.4, 0.5) is 0 Å². The maximum Gasteiger partial charge on any atom is 0.0957 e. The second-order valence-electron chi connectivity index (χ2n) is 3.68. The fourth-order valence-electron chi connectivity index (χ4n) is 1.18. The van der Waals surface area contributed by atoms with E-state index >= 15 is 0 Å². The molecule has 0 bridgehead atoms. The highest BCUT2D eigenvalue weighted by atomic mass is 32.2. The van der Waals surface area contributed by atoms with Gasteiger partial charge in [0.15, 0.2) is 0 Å². The molecule has 0 aliphatic heterocycles. The summed E-state index contributed by atoms with van der Waals surface area (Å²) in [7, 11) is 0. The predicted molar refractivity (Wildman–Crippen MR) is 65.1 cm³/mol. The van der Waals surface area contributed by atoms with Gasteiger partial charge in [0, 0.05) is 16.3 Å². The van der Waals surface area contributed by atoms with Crippen LogP contribution in [-0.2, 0) is 0 Å². The molecule has 1 aromatic rings. The molecule has 1 rings (SSSR count). The van der Waals surface area contributed by atoms with Crippen molar-refractivity contribution in [3.8, 4) is 0 Å². The van der Waals surface area contributed by atoms with Crippen molar-refractivity contribution in [3.05, 3.63) is 24.0 Å². The molecule has 15 heavy (non-hydrogen) atoms. The summed E-state index contributed by atoms with van der Waals surface area (Å²) in [5.74, 6) is 0. The average Bonchev–Trinajstić information content (AvgIpc) is 2.29. The van der Waals surface area contributed by atoms with Gasteiger partial charge < -0.3 is 5.11 Å². The first-order valence-corrected chi connectivity index (χ1v) is 6.36. The zero-order valence-electron chi connectivity index (χ0n) is 9.60. The van der Waals surface area contributed by atoms with Gasteiger partial charge in [0.05, 0.1) is 11.8 Å². The van der Waals surface area contributed by atoms with E-state index in [2.05, 4.69) is 18.8 Å². The van der Waals surface area contributed by atoms with Gasteiger partial charge >= 0.3 is 0 Å². The van der Waals surface area contributed by atoms with Crippen LogP contribution in [0.1, 0.15) is 45.4 Å². The molecule has 3 heteroatoms. The van der Waals surface area contributed by atoms with E-state index in [0.717, 1.165) is 12.1 Å². The number of thioether (sulfide) groups is 1. The van der Waals surface area contributed by atoms with Gasteiger partial charge in [-0.1, -0.05) is 20.8 Å². The molecule has 0 saturated carbocycles. The van der Waals surface area contributed by atoms with Crippen molar-refractivity contribution in [2.24, 2.45) is 0 Å². The molecule has 1 aromatic heterocycles. The van der Waals surface area contributed by atoms with E-state index < -0.39 is 6.10 Å². The van der Waals surface area contributed by atoms with Gasteiger partial charge in [-0.3, -0.25) is 4.98 Å². The van der Waals surface area contributed by atoms with Gasteiger partial charge in [0.25, 0.3) is 0 Å². The number of pyridine rings is 1. The molecule has 2 atom stereocenters. The van der Waals surface area contributed by atoms with Crippen LogP contribution >= 0.6 is 11.8 Å². The average molecular weight is 225 g/mol. The smallest absolute Gasteiger partial charge is 0.0957 e. The fourth-order valence-corrected chi connectivity index (χ4v) is 2.07. The molecule has 1 unspecified atom stereocenters. The Bertz CT molecular complexity index is 286. The van der Waals surface area contributed by atoms with Crippen LogP contribution in [0.2, 0.25) is 0 Å². The molecule has 0 spiro atoms. The zero-order valence-corrected chi connectivity index (χ0v) is 10.4. The zero-order chi connectivity index (χ0) is 11.3. The van der Waals surface area contributed by atoms with Crippen molar-refractivity contribution in [1.82, 2.24) is 4.98 Å². The van der Waals surface area contributed by atoms with E-state index in [1.165, 1.54) is 4.90 Å². The minimum absolute atomic E-state index is 0.423. The number of aliphatic hydroxyl groups excluding tert-OH is 1. The number of aromatic nitrogens is 1. The van der Waals surface area contributed by atoms with Crippen LogP contribution in [-0.4, -0.2) is 15.3 Å². The van der Waals surface area contributed by atoms with Gasteiger partial charge in [-0.05, 0) is 25.0 Å². The third-order valence-electron chi connectivity index (χ3n) is 2.40. The Hall–Kier alpha value is -0.540. The van der Waals surface area contributed by atoms with Crippen LogP contribution in [0.5, 0.6) is 0 Å². The van der Waals surface area contributed by atoms with Crippen molar-refractivity contribution in [3.63, 3.8) is 0 Å². The Morgan fingerprint density at radius 3 is 2.53 bits per heavy atom. The molecule has 0 saturated heterocycles. The fraction of sp³-hybridized carbons (Fsp3) is 0.583. The van der Waals surface area contributed by atoms with Gasteiger partial charge in [-0.2, -0.15) is 0 Å². The lowest BCUT2D eigenvalue weighted by Gasteiger charge is -2.10. The summed E-state index contributed by atoms with van der Waals surface area (Å²) >= 11 is 1.83. The molecule has 0 radical (unpaired) electrons. The first-order valence-electron chi connectivity index (χ1n) is 5.48. The first kappa shape index (κ1) is 12.5. The Morgan fingerprint density at radius 2 is 2.07 bits per heavy atom. The molecule has 0 aliphatic carbocycles. The maximum absolute atomic E-state index is 9.58. The Kier molecular flexibility index (Phi) is 5.12. The highest BCUT2D eigenvalue weighted by Crippen LogP contribution is 2.25. The van der Waals surface area contributed by atoms with E-state index in [1.54, 1.807) is 0 Å². The molecule has 1 N–H and O–H groups in total.